The number of ether oxygens (including phenoxy) is 1. The van der Waals surface area contributed by atoms with Crippen LogP contribution < -0.4 is 0 Å². The van der Waals surface area contributed by atoms with Crippen LogP contribution in [0.1, 0.15) is 43.6 Å². The zero-order valence-electron chi connectivity index (χ0n) is 16.5. The summed E-state index contributed by atoms with van der Waals surface area (Å²) in [5.41, 5.74) is -0.420. The molecule has 3 aromatic carbocycles. The van der Waals surface area contributed by atoms with E-state index in [1.807, 2.05) is 0 Å². The van der Waals surface area contributed by atoms with Crippen LogP contribution in [0.3, 0.4) is 0 Å². The van der Waals surface area contributed by atoms with Crippen molar-refractivity contribution in [3.8, 4) is 0 Å². The van der Waals surface area contributed by atoms with Gasteiger partial charge in [0, 0.05) is 16.7 Å². The van der Waals surface area contributed by atoms with E-state index in [9.17, 15) is 31.6 Å². The van der Waals surface area contributed by atoms with Crippen molar-refractivity contribution in [3.05, 3.63) is 94.6 Å². The molecule has 1 heterocycles. The van der Waals surface area contributed by atoms with E-state index in [1.54, 1.807) is 6.07 Å². The smallest absolute Gasteiger partial charge is 0.338 e. The van der Waals surface area contributed by atoms with Gasteiger partial charge >= 0.3 is 5.97 Å². The first-order valence-electron chi connectivity index (χ1n) is 9.34. The fourth-order valence-corrected chi connectivity index (χ4v) is 5.05. The third kappa shape index (κ3) is 3.50. The number of sulfone groups is 1. The SMILES string of the molecule is CC(OC(=O)c1ccc2c(c1)S(=O)(=O)c1ccccc1C2=O)C(=O)c1ccc(F)c(F)c1. The Labute approximate surface area is 181 Å². The highest BCUT2D eigenvalue weighted by Gasteiger charge is 2.35. The summed E-state index contributed by atoms with van der Waals surface area (Å²) in [6.45, 7) is 1.25. The van der Waals surface area contributed by atoms with Crippen molar-refractivity contribution >= 4 is 27.4 Å². The van der Waals surface area contributed by atoms with Crippen LogP contribution in [0, 0.1) is 11.6 Å². The molecular formula is C23H14F2O6S. The van der Waals surface area contributed by atoms with Crippen LogP contribution in [0.25, 0.3) is 0 Å². The second-order valence-corrected chi connectivity index (χ2v) is 8.97. The van der Waals surface area contributed by atoms with Gasteiger partial charge in [-0.05, 0) is 55.5 Å². The van der Waals surface area contributed by atoms with Gasteiger partial charge in [0.25, 0.3) is 0 Å². The van der Waals surface area contributed by atoms with E-state index < -0.39 is 45.1 Å². The molecule has 0 amide bonds. The first-order valence-corrected chi connectivity index (χ1v) is 10.8. The number of carbonyl (C=O) groups is 3. The van der Waals surface area contributed by atoms with Crippen molar-refractivity contribution in [1.82, 2.24) is 0 Å². The first-order chi connectivity index (χ1) is 15.1. The monoisotopic (exact) mass is 456 g/mol. The Morgan fingerprint density at radius 1 is 0.844 bits per heavy atom. The highest BCUT2D eigenvalue weighted by Crippen LogP contribution is 2.34. The molecule has 162 valence electrons. The topological polar surface area (TPSA) is 94.6 Å². The number of rotatable bonds is 4. The van der Waals surface area contributed by atoms with Gasteiger partial charge < -0.3 is 4.74 Å². The highest BCUT2D eigenvalue weighted by molar-refractivity contribution is 7.91. The molecule has 0 bridgehead atoms. The van der Waals surface area contributed by atoms with E-state index in [0.717, 1.165) is 18.2 Å². The van der Waals surface area contributed by atoms with Gasteiger partial charge in [0.1, 0.15) is 0 Å². The van der Waals surface area contributed by atoms with Crippen LogP contribution in [0.4, 0.5) is 8.78 Å². The maximum Gasteiger partial charge on any atom is 0.338 e. The van der Waals surface area contributed by atoms with Crippen molar-refractivity contribution in [1.29, 1.82) is 0 Å². The van der Waals surface area contributed by atoms with Crippen LogP contribution >= 0.6 is 0 Å². The van der Waals surface area contributed by atoms with Crippen molar-refractivity contribution in [2.75, 3.05) is 0 Å². The minimum absolute atomic E-state index is 0.0427. The Morgan fingerprint density at radius 3 is 2.22 bits per heavy atom. The third-order valence-corrected chi connectivity index (χ3v) is 6.88. The molecule has 3 aromatic rings. The third-order valence-electron chi connectivity index (χ3n) is 5.03. The molecule has 0 aromatic heterocycles. The average Bonchev–Trinajstić information content (AvgIpc) is 2.78. The normalized spacial score (nSPS) is 14.8. The van der Waals surface area contributed by atoms with Crippen LogP contribution in [0.2, 0.25) is 0 Å². The van der Waals surface area contributed by atoms with Gasteiger partial charge in [-0.3, -0.25) is 9.59 Å². The number of esters is 1. The average molecular weight is 456 g/mol. The molecule has 0 N–H and O–H groups in total. The molecule has 0 saturated heterocycles. The van der Waals surface area contributed by atoms with E-state index in [-0.39, 0.29) is 32.0 Å². The van der Waals surface area contributed by atoms with E-state index in [0.29, 0.717) is 6.07 Å². The van der Waals surface area contributed by atoms with Gasteiger partial charge in [0.15, 0.2) is 23.5 Å². The number of carbonyl (C=O) groups excluding carboxylic acids is 3. The zero-order valence-corrected chi connectivity index (χ0v) is 17.3. The molecule has 1 unspecified atom stereocenters. The number of hydrogen-bond acceptors (Lipinski definition) is 6. The molecule has 1 aliphatic heterocycles. The van der Waals surface area contributed by atoms with Crippen LogP contribution in [-0.4, -0.2) is 32.1 Å². The summed E-state index contributed by atoms with van der Waals surface area (Å²) in [7, 11) is -4.06. The van der Waals surface area contributed by atoms with Gasteiger partial charge in [-0.2, -0.15) is 0 Å². The maximum absolute atomic E-state index is 13.4. The fraction of sp³-hybridized carbons (Fsp3) is 0.0870. The summed E-state index contributed by atoms with van der Waals surface area (Å²) in [5, 5.41) is 0. The maximum atomic E-state index is 13.4. The summed E-state index contributed by atoms with van der Waals surface area (Å²) in [4.78, 5) is 37.1. The Balaban J connectivity index is 1.62. The van der Waals surface area contributed by atoms with Gasteiger partial charge in [-0.1, -0.05) is 12.1 Å². The minimum Gasteiger partial charge on any atom is -0.451 e. The van der Waals surface area contributed by atoms with E-state index in [2.05, 4.69) is 0 Å². The Morgan fingerprint density at radius 2 is 1.50 bits per heavy atom. The molecule has 0 saturated carbocycles. The predicted octanol–water partition coefficient (Wildman–Crippen LogP) is 3.77. The van der Waals surface area contributed by atoms with Gasteiger partial charge in [-0.15, -0.1) is 0 Å². The Kier molecular flexibility index (Phi) is 5.21. The van der Waals surface area contributed by atoms with Gasteiger partial charge in [0.05, 0.1) is 15.4 Å². The van der Waals surface area contributed by atoms with Gasteiger partial charge in [-0.25, -0.2) is 22.0 Å². The summed E-state index contributed by atoms with van der Waals surface area (Å²) in [5.74, 6) is -4.63. The number of halogens is 2. The Hall–Kier alpha value is -3.72. The second kappa shape index (κ2) is 7.76. The first kappa shape index (κ1) is 21.5. The summed E-state index contributed by atoms with van der Waals surface area (Å²) in [6.07, 6.45) is -1.36. The minimum atomic E-state index is -4.06. The summed E-state index contributed by atoms with van der Waals surface area (Å²) < 4.78 is 57.5. The van der Waals surface area contributed by atoms with E-state index in [4.69, 9.17) is 4.74 Å². The molecule has 0 radical (unpaired) electrons. The molecule has 0 spiro atoms. The molecular weight excluding hydrogens is 442 g/mol. The zero-order chi connectivity index (χ0) is 23.2. The number of ketones is 2. The van der Waals surface area contributed by atoms with Crippen molar-refractivity contribution < 1.29 is 36.3 Å². The number of fused-ring (bicyclic) bond motifs is 2. The largest absolute Gasteiger partial charge is 0.451 e. The van der Waals surface area contributed by atoms with Crippen molar-refractivity contribution in [2.24, 2.45) is 0 Å². The number of Topliss-reactive ketones (excluding diaryl/α,β-unsaturated/α-hetero) is 1. The lowest BCUT2D eigenvalue weighted by molar-refractivity contribution is 0.0318. The summed E-state index contributed by atoms with van der Waals surface area (Å²) in [6, 6.07) is 11.7. The number of hydrogen-bond donors (Lipinski definition) is 0. The van der Waals surface area contributed by atoms with E-state index >= 15 is 0 Å². The fourth-order valence-electron chi connectivity index (χ4n) is 3.38. The molecule has 4 rings (SSSR count). The standard InChI is InChI=1S/C23H14F2O6S/c1-12(21(26)13-7-9-17(24)18(25)10-13)31-23(28)14-6-8-16-20(11-14)32(29,30)19-5-3-2-4-15(19)22(16)27/h2-12H,1H3. The quantitative estimate of drug-likeness (QED) is 0.343. The lowest BCUT2D eigenvalue weighted by atomic mass is 10.0. The number of benzene rings is 3. The van der Waals surface area contributed by atoms with E-state index in [1.165, 1.54) is 37.3 Å². The lowest BCUT2D eigenvalue weighted by Gasteiger charge is -2.19. The predicted molar refractivity (Wildman–Crippen MR) is 107 cm³/mol. The van der Waals surface area contributed by atoms with Crippen molar-refractivity contribution in [2.45, 2.75) is 22.8 Å². The molecule has 0 fully saturated rings. The Bertz CT molecular complexity index is 1410. The van der Waals surface area contributed by atoms with Crippen LogP contribution in [-0.2, 0) is 14.6 Å². The highest BCUT2D eigenvalue weighted by atomic mass is 32.2. The van der Waals surface area contributed by atoms with Crippen molar-refractivity contribution in [3.63, 3.8) is 0 Å². The van der Waals surface area contributed by atoms with Crippen LogP contribution in [0.15, 0.2) is 70.5 Å². The van der Waals surface area contributed by atoms with Crippen LogP contribution in [0.5, 0.6) is 0 Å². The summed E-state index contributed by atoms with van der Waals surface area (Å²) >= 11 is 0. The molecule has 9 heteroatoms. The molecule has 6 nitrogen and oxygen atoms in total. The van der Waals surface area contributed by atoms with Gasteiger partial charge in [0.2, 0.25) is 15.6 Å². The lowest BCUT2D eigenvalue weighted by Crippen LogP contribution is -2.25. The second-order valence-electron chi connectivity index (χ2n) is 7.08. The molecule has 0 aliphatic carbocycles. The molecule has 1 atom stereocenters. The molecule has 32 heavy (non-hydrogen) atoms. The molecule has 1 aliphatic rings.